The molecular formula is C30H42ClN5O6S. The Kier molecular flexibility index (Phi) is 15.2. The van der Waals surface area contributed by atoms with Crippen molar-refractivity contribution < 1.29 is 29.0 Å². The highest BCUT2D eigenvalue weighted by molar-refractivity contribution is 7.18. The molecule has 0 aliphatic carbocycles. The number of hydrogen-bond donors (Lipinski definition) is 2. The van der Waals surface area contributed by atoms with Crippen LogP contribution in [0.25, 0.3) is 10.9 Å². The van der Waals surface area contributed by atoms with Gasteiger partial charge in [0, 0.05) is 37.7 Å². The first-order valence-corrected chi connectivity index (χ1v) is 15.5. The Morgan fingerprint density at radius 2 is 1.84 bits per heavy atom. The molecule has 2 aromatic heterocycles. The molecule has 0 radical (unpaired) electrons. The summed E-state index contributed by atoms with van der Waals surface area (Å²) in [7, 11) is 1.00. The van der Waals surface area contributed by atoms with Gasteiger partial charge in [-0.2, -0.15) is 0 Å². The van der Waals surface area contributed by atoms with Gasteiger partial charge >= 0.3 is 5.97 Å². The molecule has 0 spiro atoms. The van der Waals surface area contributed by atoms with Crippen molar-refractivity contribution in [3.8, 4) is 5.06 Å². The average molecular weight is 636 g/mol. The Morgan fingerprint density at radius 1 is 1.12 bits per heavy atom. The number of nitrogen functional groups attached to an aromatic ring is 1. The maximum Gasteiger partial charge on any atom is 0.310 e. The van der Waals surface area contributed by atoms with Crippen molar-refractivity contribution in [3.05, 3.63) is 46.1 Å². The fraction of sp³-hybridized carbons (Fsp3) is 0.500. The lowest BCUT2D eigenvalue weighted by Gasteiger charge is -2.40. The number of unbranched alkanes of at least 4 members (excludes halogenated alkanes) is 1. The molecule has 11 nitrogen and oxygen atoms in total. The molecule has 3 heterocycles. The number of aliphatic hydroxyl groups is 1. The summed E-state index contributed by atoms with van der Waals surface area (Å²) in [4.78, 5) is 49.8. The molecule has 13 heteroatoms. The zero-order chi connectivity index (χ0) is 31.9. The molecule has 43 heavy (non-hydrogen) atoms. The lowest BCUT2D eigenvalue weighted by molar-refractivity contribution is -0.153. The summed E-state index contributed by atoms with van der Waals surface area (Å²) in [6.07, 6.45) is 4.53. The van der Waals surface area contributed by atoms with E-state index in [1.807, 2.05) is 25.1 Å². The normalized spacial score (nSPS) is 14.4. The number of aromatic nitrogens is 2. The van der Waals surface area contributed by atoms with Gasteiger partial charge in [0.15, 0.2) is 11.7 Å². The molecule has 0 bridgehead atoms. The number of rotatable bonds is 10. The molecule has 3 aromatic rings. The predicted molar refractivity (Wildman–Crippen MR) is 169 cm³/mol. The van der Waals surface area contributed by atoms with Crippen molar-refractivity contribution in [3.63, 3.8) is 0 Å². The lowest BCUT2D eigenvalue weighted by atomic mass is 10.1. The topological polar surface area (TPSA) is 148 Å². The number of nitrogens with zero attached hydrogens (tertiary/aromatic N) is 4. The van der Waals surface area contributed by atoms with E-state index in [1.54, 1.807) is 22.8 Å². The van der Waals surface area contributed by atoms with E-state index in [0.717, 1.165) is 29.4 Å². The highest BCUT2D eigenvalue weighted by Crippen LogP contribution is 2.34. The number of carbonyl (C=O) groups excluding carboxylic acids is 3. The monoisotopic (exact) mass is 635 g/mol. The maximum atomic E-state index is 13.3. The number of thiophene rings is 1. The van der Waals surface area contributed by atoms with Crippen LogP contribution in [0.5, 0.6) is 5.06 Å². The zero-order valence-electron chi connectivity index (χ0n) is 25.5. The molecule has 1 fully saturated rings. The van der Waals surface area contributed by atoms with Gasteiger partial charge in [0.2, 0.25) is 5.91 Å². The number of amides is 2. The van der Waals surface area contributed by atoms with Gasteiger partial charge in [0.1, 0.15) is 18.2 Å². The smallest absolute Gasteiger partial charge is 0.310 e. The van der Waals surface area contributed by atoms with Crippen molar-refractivity contribution in [2.24, 2.45) is 0 Å². The second-order valence-corrected chi connectivity index (χ2v) is 11.2. The van der Waals surface area contributed by atoms with Crippen LogP contribution in [0, 0.1) is 0 Å². The van der Waals surface area contributed by atoms with Crippen LogP contribution in [-0.4, -0.2) is 82.1 Å². The van der Waals surface area contributed by atoms with Crippen LogP contribution in [-0.2, 0) is 32.1 Å². The Labute approximate surface area is 261 Å². The van der Waals surface area contributed by atoms with E-state index >= 15 is 0 Å². The number of fused-ring (bicyclic) bond motifs is 1. The number of aliphatic hydroxyl groups excluding tert-OH is 1. The van der Waals surface area contributed by atoms with Gasteiger partial charge < -0.3 is 30.1 Å². The number of esters is 1. The highest BCUT2D eigenvalue weighted by atomic mass is 35.5. The molecule has 2 amide bonds. The van der Waals surface area contributed by atoms with Crippen molar-refractivity contribution in [1.29, 1.82) is 0 Å². The number of anilines is 1. The van der Waals surface area contributed by atoms with Crippen LogP contribution in [0.2, 0.25) is 4.34 Å². The van der Waals surface area contributed by atoms with E-state index < -0.39 is 12.0 Å². The number of piperazine rings is 1. The molecule has 3 N–H and O–H groups in total. The summed E-state index contributed by atoms with van der Waals surface area (Å²) in [5.41, 5.74) is 8.10. The van der Waals surface area contributed by atoms with Crippen LogP contribution in [0.1, 0.15) is 58.1 Å². The molecule has 0 unspecified atom stereocenters. The molecule has 1 aliphatic heterocycles. The second-order valence-electron chi connectivity index (χ2n) is 9.52. The summed E-state index contributed by atoms with van der Waals surface area (Å²) >= 11 is 7.25. The van der Waals surface area contributed by atoms with Gasteiger partial charge in [-0.1, -0.05) is 62.6 Å². The summed E-state index contributed by atoms with van der Waals surface area (Å²) < 4.78 is 11.2. The van der Waals surface area contributed by atoms with Gasteiger partial charge in [-0.05, 0) is 37.1 Å². The van der Waals surface area contributed by atoms with Gasteiger partial charge in [-0.15, -0.1) is 0 Å². The third-order valence-electron chi connectivity index (χ3n) is 6.60. The van der Waals surface area contributed by atoms with Crippen LogP contribution in [0.4, 0.5) is 5.82 Å². The minimum atomic E-state index is -0.589. The largest absolute Gasteiger partial charge is 0.474 e. The van der Waals surface area contributed by atoms with E-state index in [0.29, 0.717) is 52.4 Å². The minimum absolute atomic E-state index is 0.00270. The SMILES string of the molecule is CCCC.CCOC(=O)Cc1cc(Cl)sc1OCC(=O)N1CCN(Cc2ccc3c(N)ncnc3c2)C(=O)[C@@H]1CC.CO. The molecule has 0 saturated carbocycles. The van der Waals surface area contributed by atoms with Crippen LogP contribution in [0.3, 0.4) is 0 Å². The first kappa shape index (κ1) is 35.7. The zero-order valence-corrected chi connectivity index (χ0v) is 27.0. The van der Waals surface area contributed by atoms with Crippen molar-refractivity contribution in [2.45, 2.75) is 66.0 Å². The number of ether oxygens (including phenoxy) is 2. The molecular weight excluding hydrogens is 594 g/mol. The van der Waals surface area contributed by atoms with Gasteiger partial charge in [0.05, 0.1) is 22.9 Å². The van der Waals surface area contributed by atoms with E-state index in [9.17, 15) is 14.4 Å². The van der Waals surface area contributed by atoms with Crippen LogP contribution >= 0.6 is 22.9 Å². The molecule has 4 rings (SSSR count). The fourth-order valence-corrected chi connectivity index (χ4v) is 5.43. The van der Waals surface area contributed by atoms with Crippen molar-refractivity contribution in [2.75, 3.05) is 39.1 Å². The molecule has 236 valence electrons. The van der Waals surface area contributed by atoms with E-state index in [4.69, 9.17) is 31.9 Å². The van der Waals surface area contributed by atoms with E-state index in [1.165, 1.54) is 19.2 Å². The standard InChI is InChI=1S/C25H28ClN5O5S.C4H10.CH4O/c1-3-19-24(34)30(12-15-5-6-17-18(9-15)28-14-29-23(17)27)7-8-31(19)21(32)13-36-25-16(10-20(26)37-25)11-22(33)35-4-2;1-3-4-2;1-2/h5-6,9-10,14,19H,3-4,7-8,11-13H2,1-2H3,(H2,27,28,29);3-4H2,1-2H3;2H,1H3/t19-;;/m0../s1. The minimum Gasteiger partial charge on any atom is -0.474 e. The Balaban J connectivity index is 0.000000993. The van der Waals surface area contributed by atoms with Gasteiger partial charge in [-0.25, -0.2) is 9.97 Å². The Hall–Kier alpha value is -3.48. The van der Waals surface area contributed by atoms with E-state index in [-0.39, 0.29) is 31.4 Å². The van der Waals surface area contributed by atoms with Crippen LogP contribution < -0.4 is 10.5 Å². The Bertz CT molecular complexity index is 1350. The number of benzene rings is 1. The van der Waals surface area contributed by atoms with Crippen molar-refractivity contribution >= 4 is 57.4 Å². The number of halogens is 1. The molecule has 1 aliphatic rings. The van der Waals surface area contributed by atoms with Gasteiger partial charge in [-0.3, -0.25) is 14.4 Å². The quantitative estimate of drug-likeness (QED) is 0.308. The Morgan fingerprint density at radius 3 is 2.49 bits per heavy atom. The number of hydrogen-bond acceptors (Lipinski definition) is 10. The first-order valence-electron chi connectivity index (χ1n) is 14.3. The van der Waals surface area contributed by atoms with Gasteiger partial charge in [0.25, 0.3) is 5.91 Å². The maximum absolute atomic E-state index is 13.3. The molecule has 1 atom stereocenters. The summed E-state index contributed by atoms with van der Waals surface area (Å²) in [6.45, 7) is 9.15. The van der Waals surface area contributed by atoms with Crippen LogP contribution in [0.15, 0.2) is 30.6 Å². The summed E-state index contributed by atoms with van der Waals surface area (Å²) in [5.74, 6) is -0.412. The average Bonchev–Trinajstić information content (AvgIpc) is 3.36. The highest BCUT2D eigenvalue weighted by Gasteiger charge is 2.36. The third-order valence-corrected chi connectivity index (χ3v) is 7.82. The third kappa shape index (κ3) is 10.0. The van der Waals surface area contributed by atoms with Crippen molar-refractivity contribution in [1.82, 2.24) is 19.8 Å². The number of carbonyl (C=O) groups is 3. The summed E-state index contributed by atoms with van der Waals surface area (Å²) in [5, 5.41) is 8.15. The second kappa shape index (κ2) is 18.2. The molecule has 1 saturated heterocycles. The first-order chi connectivity index (χ1) is 20.7. The summed E-state index contributed by atoms with van der Waals surface area (Å²) in [6, 6.07) is 6.70. The fourth-order valence-electron chi connectivity index (χ4n) is 4.33. The number of nitrogens with two attached hydrogens (primary N) is 1. The molecule has 1 aromatic carbocycles. The predicted octanol–water partition coefficient (Wildman–Crippen LogP) is 4.48. The lowest BCUT2D eigenvalue weighted by Crippen LogP contribution is -2.59. The van der Waals surface area contributed by atoms with E-state index in [2.05, 4.69) is 23.8 Å².